The zero-order valence-electron chi connectivity index (χ0n) is 21.4. The average Bonchev–Trinajstić information content (AvgIpc) is 2.91. The van der Waals surface area contributed by atoms with E-state index in [1.54, 1.807) is 18.3 Å². The van der Waals surface area contributed by atoms with Gasteiger partial charge in [-0.15, -0.1) is 0 Å². The van der Waals surface area contributed by atoms with Crippen LogP contribution >= 0.6 is 11.6 Å². The van der Waals surface area contributed by atoms with E-state index in [0.717, 1.165) is 54.7 Å². The first kappa shape index (κ1) is 26.8. The summed E-state index contributed by atoms with van der Waals surface area (Å²) >= 11 is 6.65. The summed E-state index contributed by atoms with van der Waals surface area (Å²) in [5.41, 5.74) is 9.01. The Morgan fingerprint density at radius 1 is 1.14 bits per heavy atom. The van der Waals surface area contributed by atoms with Crippen LogP contribution in [-0.4, -0.2) is 24.1 Å². The van der Waals surface area contributed by atoms with Crippen molar-refractivity contribution < 1.29 is 4.39 Å². The standard InChI is InChI=1S/C30H40ClFN4/c1-2-25-26(9-4-10-29(25)35-19-23-6-3-8-24(32)16-23)27-17-30(36-20-28(27)31)34-15-5-7-21-11-13-22(18-33)14-12-21/h3-4,6,8-10,16-17,20-22,25,29,35H,2,5,7,11-15,18-19,33H2,1H3,(H,34,36). The van der Waals surface area contributed by atoms with Crippen LogP contribution in [0.25, 0.3) is 5.57 Å². The molecule has 2 aliphatic carbocycles. The predicted molar refractivity (Wildman–Crippen MR) is 149 cm³/mol. The third kappa shape index (κ3) is 7.18. The molecule has 0 radical (unpaired) electrons. The molecule has 0 spiro atoms. The van der Waals surface area contributed by atoms with Gasteiger partial charge < -0.3 is 16.4 Å². The minimum absolute atomic E-state index is 0.147. The van der Waals surface area contributed by atoms with Gasteiger partial charge in [0.15, 0.2) is 0 Å². The van der Waals surface area contributed by atoms with Gasteiger partial charge in [0.25, 0.3) is 0 Å². The minimum atomic E-state index is -0.205. The monoisotopic (exact) mass is 510 g/mol. The van der Waals surface area contributed by atoms with Gasteiger partial charge in [0.1, 0.15) is 11.6 Å². The molecule has 0 saturated heterocycles. The number of halogens is 2. The topological polar surface area (TPSA) is 63.0 Å². The number of nitrogens with two attached hydrogens (primary N) is 1. The van der Waals surface area contributed by atoms with E-state index in [9.17, 15) is 4.39 Å². The number of nitrogens with zero attached hydrogens (tertiary/aromatic N) is 1. The molecule has 2 aliphatic rings. The number of hydrogen-bond acceptors (Lipinski definition) is 4. The molecule has 4 nitrogen and oxygen atoms in total. The molecular weight excluding hydrogens is 471 g/mol. The Kier molecular flexibility index (Phi) is 9.97. The van der Waals surface area contributed by atoms with Crippen LogP contribution in [0.4, 0.5) is 10.2 Å². The van der Waals surface area contributed by atoms with E-state index < -0.39 is 0 Å². The number of anilines is 1. The zero-order valence-corrected chi connectivity index (χ0v) is 22.1. The summed E-state index contributed by atoms with van der Waals surface area (Å²) in [7, 11) is 0. The van der Waals surface area contributed by atoms with Crippen molar-refractivity contribution in [2.24, 2.45) is 23.5 Å². The number of rotatable bonds is 11. The highest BCUT2D eigenvalue weighted by atomic mass is 35.5. The van der Waals surface area contributed by atoms with Gasteiger partial charge in [-0.1, -0.05) is 61.7 Å². The fraction of sp³-hybridized carbons (Fsp3) is 0.500. The molecule has 1 saturated carbocycles. The molecule has 0 aliphatic heterocycles. The molecule has 194 valence electrons. The van der Waals surface area contributed by atoms with Crippen LogP contribution < -0.4 is 16.4 Å². The Morgan fingerprint density at radius 3 is 2.69 bits per heavy atom. The Hall–Kier alpha value is -2.21. The van der Waals surface area contributed by atoms with Crippen LogP contribution in [0.2, 0.25) is 5.02 Å². The lowest BCUT2D eigenvalue weighted by Gasteiger charge is -2.30. The lowest BCUT2D eigenvalue weighted by Crippen LogP contribution is -2.35. The molecule has 2 unspecified atom stereocenters. The maximum Gasteiger partial charge on any atom is 0.126 e. The number of aromatic nitrogens is 1. The molecule has 1 aromatic carbocycles. The van der Waals surface area contributed by atoms with E-state index in [1.807, 2.05) is 6.07 Å². The molecule has 1 fully saturated rings. The highest BCUT2D eigenvalue weighted by Crippen LogP contribution is 2.37. The number of nitrogens with one attached hydrogen (secondary N) is 2. The SMILES string of the molecule is CCC1C(c2cc(NCCCC3CCC(CN)CC3)ncc2Cl)=CC=CC1NCc1cccc(F)c1. The van der Waals surface area contributed by atoms with Crippen molar-refractivity contribution in [2.75, 3.05) is 18.4 Å². The molecule has 1 aromatic heterocycles. The van der Waals surface area contributed by atoms with Crippen LogP contribution in [0.5, 0.6) is 0 Å². The quantitative estimate of drug-likeness (QED) is 0.286. The molecule has 6 heteroatoms. The summed E-state index contributed by atoms with van der Waals surface area (Å²) in [6.07, 6.45) is 16.8. The van der Waals surface area contributed by atoms with Crippen molar-refractivity contribution in [1.82, 2.24) is 10.3 Å². The summed E-state index contributed by atoms with van der Waals surface area (Å²) < 4.78 is 13.6. The smallest absolute Gasteiger partial charge is 0.126 e. The van der Waals surface area contributed by atoms with Crippen molar-refractivity contribution in [3.05, 3.63) is 76.7 Å². The van der Waals surface area contributed by atoms with E-state index in [4.69, 9.17) is 17.3 Å². The first-order chi connectivity index (χ1) is 17.6. The molecule has 0 amide bonds. The van der Waals surface area contributed by atoms with E-state index in [-0.39, 0.29) is 17.8 Å². The summed E-state index contributed by atoms with van der Waals surface area (Å²) in [4.78, 5) is 4.54. The van der Waals surface area contributed by atoms with Gasteiger partial charge in [-0.05, 0) is 79.8 Å². The lowest BCUT2D eigenvalue weighted by molar-refractivity contribution is 0.266. The minimum Gasteiger partial charge on any atom is -0.370 e. The lowest BCUT2D eigenvalue weighted by atomic mass is 9.80. The largest absolute Gasteiger partial charge is 0.370 e. The molecule has 2 aromatic rings. The van der Waals surface area contributed by atoms with Crippen molar-refractivity contribution >= 4 is 23.0 Å². The maximum absolute atomic E-state index is 13.6. The summed E-state index contributed by atoms with van der Waals surface area (Å²) in [5.74, 6) is 2.51. The van der Waals surface area contributed by atoms with E-state index in [2.05, 4.69) is 46.8 Å². The molecule has 4 N–H and O–H groups in total. The summed E-state index contributed by atoms with van der Waals surface area (Å²) in [6, 6.07) is 9.00. The first-order valence-electron chi connectivity index (χ1n) is 13.5. The summed E-state index contributed by atoms with van der Waals surface area (Å²) in [6.45, 7) is 4.57. The number of benzene rings is 1. The second-order valence-electron chi connectivity index (χ2n) is 10.3. The van der Waals surface area contributed by atoms with Gasteiger partial charge in [0.05, 0.1) is 5.02 Å². The van der Waals surface area contributed by atoms with Crippen LogP contribution in [0.15, 0.2) is 54.8 Å². The average molecular weight is 511 g/mol. The van der Waals surface area contributed by atoms with Crippen molar-refractivity contribution in [3.8, 4) is 0 Å². The number of allylic oxidation sites excluding steroid dienone is 2. The molecule has 4 rings (SSSR count). The summed E-state index contributed by atoms with van der Waals surface area (Å²) in [5, 5.41) is 7.79. The molecule has 1 heterocycles. The van der Waals surface area contributed by atoms with E-state index in [1.165, 1.54) is 43.7 Å². The van der Waals surface area contributed by atoms with Crippen LogP contribution in [0.3, 0.4) is 0 Å². The Morgan fingerprint density at radius 2 is 1.94 bits per heavy atom. The van der Waals surface area contributed by atoms with Crippen molar-refractivity contribution in [1.29, 1.82) is 0 Å². The Bertz CT molecular complexity index is 1040. The zero-order chi connectivity index (χ0) is 25.3. The third-order valence-electron chi connectivity index (χ3n) is 7.86. The third-order valence-corrected chi connectivity index (χ3v) is 8.16. The fourth-order valence-electron chi connectivity index (χ4n) is 5.71. The van der Waals surface area contributed by atoms with Gasteiger partial charge in [-0.3, -0.25) is 0 Å². The van der Waals surface area contributed by atoms with Crippen LogP contribution in [0.1, 0.15) is 63.0 Å². The highest BCUT2D eigenvalue weighted by Gasteiger charge is 2.26. The Balaban J connectivity index is 1.34. The fourth-order valence-corrected chi connectivity index (χ4v) is 5.92. The molecular formula is C30H40ClFN4. The van der Waals surface area contributed by atoms with Gasteiger partial charge in [-0.25, -0.2) is 9.37 Å². The van der Waals surface area contributed by atoms with Crippen molar-refractivity contribution in [2.45, 2.75) is 64.5 Å². The van der Waals surface area contributed by atoms with Crippen LogP contribution in [-0.2, 0) is 6.54 Å². The predicted octanol–water partition coefficient (Wildman–Crippen LogP) is 6.97. The highest BCUT2D eigenvalue weighted by molar-refractivity contribution is 6.32. The van der Waals surface area contributed by atoms with Gasteiger partial charge in [0, 0.05) is 36.8 Å². The number of hydrogen-bond donors (Lipinski definition) is 3. The first-order valence-corrected chi connectivity index (χ1v) is 13.9. The van der Waals surface area contributed by atoms with E-state index in [0.29, 0.717) is 11.6 Å². The Labute approximate surface area is 220 Å². The van der Waals surface area contributed by atoms with Gasteiger partial charge in [-0.2, -0.15) is 0 Å². The maximum atomic E-state index is 13.6. The second kappa shape index (κ2) is 13.4. The molecule has 36 heavy (non-hydrogen) atoms. The second-order valence-corrected chi connectivity index (χ2v) is 10.7. The normalized spacial score (nSPS) is 23.9. The van der Waals surface area contributed by atoms with Gasteiger partial charge >= 0.3 is 0 Å². The number of pyridine rings is 1. The van der Waals surface area contributed by atoms with Crippen molar-refractivity contribution in [3.63, 3.8) is 0 Å². The van der Waals surface area contributed by atoms with Crippen LogP contribution in [0, 0.1) is 23.6 Å². The van der Waals surface area contributed by atoms with Gasteiger partial charge in [0.2, 0.25) is 0 Å². The molecule has 2 atom stereocenters. The van der Waals surface area contributed by atoms with E-state index >= 15 is 0 Å². The molecule has 0 bridgehead atoms.